The van der Waals surface area contributed by atoms with Crippen LogP contribution in [0.4, 0.5) is 5.69 Å². The first-order chi connectivity index (χ1) is 14.0. The number of ketones is 1. The van der Waals surface area contributed by atoms with Gasteiger partial charge >= 0.3 is 5.97 Å². The summed E-state index contributed by atoms with van der Waals surface area (Å²) in [6.45, 7) is 2.08. The van der Waals surface area contributed by atoms with Crippen LogP contribution in [0.25, 0.3) is 0 Å². The third-order valence-electron chi connectivity index (χ3n) is 5.88. The van der Waals surface area contributed by atoms with Gasteiger partial charge in [0.1, 0.15) is 0 Å². The van der Waals surface area contributed by atoms with E-state index in [0.717, 1.165) is 31.4 Å². The summed E-state index contributed by atoms with van der Waals surface area (Å²) in [7, 11) is 0. The van der Waals surface area contributed by atoms with Gasteiger partial charge in [0, 0.05) is 24.2 Å². The second-order valence-corrected chi connectivity index (χ2v) is 7.79. The predicted octanol–water partition coefficient (Wildman–Crippen LogP) is 3.52. The van der Waals surface area contributed by atoms with E-state index in [1.807, 2.05) is 36.4 Å². The molecule has 1 atom stereocenters. The largest absolute Gasteiger partial charge is 0.457 e. The molecule has 0 aromatic heterocycles. The number of nitrogens with zero attached hydrogens (tertiary/aromatic N) is 1. The lowest BCUT2D eigenvalue weighted by Crippen LogP contribution is -2.27. The zero-order chi connectivity index (χ0) is 20.4. The molecule has 2 aromatic carbocycles. The molecule has 29 heavy (non-hydrogen) atoms. The van der Waals surface area contributed by atoms with Crippen molar-refractivity contribution in [1.82, 2.24) is 0 Å². The molecule has 0 radical (unpaired) electrons. The van der Waals surface area contributed by atoms with Crippen LogP contribution in [-0.4, -0.2) is 30.8 Å². The van der Waals surface area contributed by atoms with E-state index in [4.69, 9.17) is 4.74 Å². The molecule has 1 saturated heterocycles. The van der Waals surface area contributed by atoms with Gasteiger partial charge in [0.25, 0.3) is 0 Å². The Morgan fingerprint density at radius 3 is 2.59 bits per heavy atom. The Kier molecular flexibility index (Phi) is 5.47. The second kappa shape index (κ2) is 8.19. The number of amides is 1. The summed E-state index contributed by atoms with van der Waals surface area (Å²) in [6.07, 6.45) is 4.22. The fraction of sp³-hybridized carbons (Fsp3) is 0.375. The Labute approximate surface area is 170 Å². The maximum atomic E-state index is 12.4. The van der Waals surface area contributed by atoms with Crippen LogP contribution in [0.3, 0.4) is 0 Å². The first-order valence-corrected chi connectivity index (χ1v) is 10.3. The zero-order valence-electron chi connectivity index (χ0n) is 16.6. The van der Waals surface area contributed by atoms with Gasteiger partial charge in [0.2, 0.25) is 5.91 Å². The van der Waals surface area contributed by atoms with Crippen LogP contribution >= 0.6 is 0 Å². The third-order valence-corrected chi connectivity index (χ3v) is 5.88. The highest BCUT2D eigenvalue weighted by molar-refractivity contribution is 6.01. The Morgan fingerprint density at radius 1 is 1.07 bits per heavy atom. The van der Waals surface area contributed by atoms with Crippen LogP contribution in [0.2, 0.25) is 0 Å². The van der Waals surface area contributed by atoms with Crippen LogP contribution in [0.1, 0.15) is 46.8 Å². The Balaban J connectivity index is 1.34. The predicted molar refractivity (Wildman–Crippen MR) is 110 cm³/mol. The van der Waals surface area contributed by atoms with E-state index >= 15 is 0 Å². The van der Waals surface area contributed by atoms with Gasteiger partial charge in [-0.3, -0.25) is 14.4 Å². The van der Waals surface area contributed by atoms with Gasteiger partial charge in [-0.05, 0) is 60.6 Å². The minimum Gasteiger partial charge on any atom is -0.457 e. The van der Waals surface area contributed by atoms with Crippen molar-refractivity contribution in [2.45, 2.75) is 39.0 Å². The first-order valence-electron chi connectivity index (χ1n) is 10.3. The maximum absolute atomic E-state index is 12.4. The number of hydrogen-bond acceptors (Lipinski definition) is 4. The zero-order valence-corrected chi connectivity index (χ0v) is 16.6. The molecule has 0 saturated carbocycles. The third kappa shape index (κ3) is 4.09. The van der Waals surface area contributed by atoms with E-state index < -0.39 is 11.9 Å². The number of carbonyl (C=O) groups excluding carboxylic acids is 3. The molecular formula is C24H25NO4. The normalized spacial score (nSPS) is 18.0. The molecule has 0 N–H and O–H groups in total. The van der Waals surface area contributed by atoms with Crippen LogP contribution in [0.5, 0.6) is 0 Å². The monoisotopic (exact) mass is 391 g/mol. The van der Waals surface area contributed by atoms with Gasteiger partial charge in [-0.1, -0.05) is 31.2 Å². The first kappa shape index (κ1) is 19.4. The number of ether oxygens (including phenoxy) is 1. The fourth-order valence-electron chi connectivity index (χ4n) is 4.11. The van der Waals surface area contributed by atoms with Gasteiger partial charge in [-0.25, -0.2) is 0 Å². The topological polar surface area (TPSA) is 63.7 Å². The van der Waals surface area contributed by atoms with Crippen molar-refractivity contribution in [2.24, 2.45) is 5.92 Å². The molecule has 2 aliphatic rings. The van der Waals surface area contributed by atoms with Crippen LogP contribution in [-0.2, 0) is 33.6 Å². The van der Waals surface area contributed by atoms with Crippen molar-refractivity contribution in [1.29, 1.82) is 0 Å². The van der Waals surface area contributed by atoms with Crippen molar-refractivity contribution >= 4 is 23.3 Å². The molecule has 1 aliphatic heterocycles. The molecule has 2 aromatic rings. The number of anilines is 1. The van der Waals surface area contributed by atoms with Gasteiger partial charge in [-0.2, -0.15) is 0 Å². The Morgan fingerprint density at radius 2 is 1.83 bits per heavy atom. The molecule has 0 bridgehead atoms. The summed E-state index contributed by atoms with van der Waals surface area (Å²) in [5, 5.41) is 0. The molecule has 4 rings (SSSR count). The van der Waals surface area contributed by atoms with Gasteiger partial charge in [-0.15, -0.1) is 0 Å². The van der Waals surface area contributed by atoms with E-state index in [2.05, 4.69) is 6.92 Å². The quantitative estimate of drug-likeness (QED) is 0.558. The van der Waals surface area contributed by atoms with Crippen molar-refractivity contribution in [3.8, 4) is 0 Å². The summed E-state index contributed by atoms with van der Waals surface area (Å²) < 4.78 is 5.26. The lowest BCUT2D eigenvalue weighted by molar-refractivity contribution is -0.147. The number of carbonyl (C=O) groups is 3. The molecular weight excluding hydrogens is 366 g/mol. The summed E-state index contributed by atoms with van der Waals surface area (Å²) in [5.74, 6) is -1.33. The lowest BCUT2D eigenvalue weighted by Gasteiger charge is -2.17. The average molecular weight is 391 g/mol. The minimum atomic E-state index is -0.541. The van der Waals surface area contributed by atoms with E-state index in [1.165, 1.54) is 16.7 Å². The van der Waals surface area contributed by atoms with Crippen LogP contribution in [0, 0.1) is 5.92 Å². The summed E-state index contributed by atoms with van der Waals surface area (Å²) in [4.78, 5) is 38.8. The maximum Gasteiger partial charge on any atom is 0.311 e. The number of hydrogen-bond donors (Lipinski definition) is 0. The number of aryl methyl sites for hydroxylation is 3. The standard InChI is InChI=1S/C24H25NO4/c1-2-16-6-10-21(11-7-16)25-14-20(13-23(25)27)24(28)29-15-22(26)19-9-8-17-4-3-5-18(17)12-19/h6-12,20H,2-5,13-15H2,1H3. The lowest BCUT2D eigenvalue weighted by atomic mass is 10.0. The Bertz CT molecular complexity index is 948. The summed E-state index contributed by atoms with van der Waals surface area (Å²) >= 11 is 0. The van der Waals surface area contributed by atoms with Crippen molar-refractivity contribution in [3.63, 3.8) is 0 Å². The summed E-state index contributed by atoms with van der Waals surface area (Å²) in [5.41, 5.74) is 5.08. The van der Waals surface area contributed by atoms with E-state index in [0.29, 0.717) is 5.56 Å². The van der Waals surface area contributed by atoms with Gasteiger partial charge < -0.3 is 9.64 Å². The van der Waals surface area contributed by atoms with E-state index in [-0.39, 0.29) is 31.3 Å². The second-order valence-electron chi connectivity index (χ2n) is 7.79. The van der Waals surface area contributed by atoms with Crippen LogP contribution in [0.15, 0.2) is 42.5 Å². The van der Waals surface area contributed by atoms with Gasteiger partial charge in [0.05, 0.1) is 5.92 Å². The number of esters is 1. The van der Waals surface area contributed by atoms with Crippen molar-refractivity contribution < 1.29 is 19.1 Å². The van der Waals surface area contributed by atoms with Crippen molar-refractivity contribution in [3.05, 3.63) is 64.7 Å². The molecule has 150 valence electrons. The molecule has 1 fully saturated rings. The van der Waals surface area contributed by atoms with E-state index in [9.17, 15) is 14.4 Å². The number of Topliss-reactive ketones (excluding diaryl/α,β-unsaturated/α-hetero) is 1. The highest BCUT2D eigenvalue weighted by atomic mass is 16.5. The molecule has 1 aliphatic carbocycles. The highest BCUT2D eigenvalue weighted by Gasteiger charge is 2.36. The number of rotatable bonds is 6. The van der Waals surface area contributed by atoms with Crippen molar-refractivity contribution in [2.75, 3.05) is 18.1 Å². The highest BCUT2D eigenvalue weighted by Crippen LogP contribution is 2.27. The number of benzene rings is 2. The Hall–Kier alpha value is -2.95. The average Bonchev–Trinajstić information content (AvgIpc) is 3.37. The fourth-order valence-corrected chi connectivity index (χ4v) is 4.11. The minimum absolute atomic E-state index is 0.0962. The molecule has 1 unspecified atom stereocenters. The molecule has 5 nitrogen and oxygen atoms in total. The SMILES string of the molecule is CCc1ccc(N2CC(C(=O)OCC(=O)c3ccc4c(c3)CCC4)CC2=O)cc1. The molecule has 5 heteroatoms. The molecule has 0 spiro atoms. The smallest absolute Gasteiger partial charge is 0.311 e. The summed E-state index contributed by atoms with van der Waals surface area (Å²) in [6, 6.07) is 13.5. The van der Waals surface area contributed by atoms with E-state index in [1.54, 1.807) is 11.0 Å². The molecule has 1 amide bonds. The van der Waals surface area contributed by atoms with Gasteiger partial charge in [0.15, 0.2) is 12.4 Å². The molecule has 1 heterocycles. The van der Waals surface area contributed by atoms with Crippen LogP contribution < -0.4 is 4.90 Å². The number of fused-ring (bicyclic) bond motifs is 1.